The van der Waals surface area contributed by atoms with Crippen molar-refractivity contribution in [3.63, 3.8) is 0 Å². The molecule has 0 bridgehead atoms. The summed E-state index contributed by atoms with van der Waals surface area (Å²) in [4.78, 5) is 7.01. The number of nitrogens with zero attached hydrogens (tertiary/aromatic N) is 3. The molecule has 7 heteroatoms. The summed E-state index contributed by atoms with van der Waals surface area (Å²) in [6, 6.07) is 14.4. The average Bonchev–Trinajstić information content (AvgIpc) is 3.27. The lowest BCUT2D eigenvalue weighted by atomic mass is 9.98. The molecule has 0 amide bonds. The molecule has 2 aromatic heterocycles. The lowest BCUT2D eigenvalue weighted by Crippen LogP contribution is -2.29. The van der Waals surface area contributed by atoms with Crippen molar-refractivity contribution < 1.29 is 13.2 Å². The van der Waals surface area contributed by atoms with Gasteiger partial charge in [-0.3, -0.25) is 9.88 Å². The third kappa shape index (κ3) is 4.10. The number of pyridine rings is 1. The number of hydrogen-bond donors (Lipinski definition) is 0. The minimum Gasteiger partial charge on any atom is -0.497 e. The van der Waals surface area contributed by atoms with Crippen LogP contribution in [-0.2, 0) is 10.0 Å². The summed E-state index contributed by atoms with van der Waals surface area (Å²) in [5, 5.41) is 1.79. The molecular formula is C27H29N3O3S. The van der Waals surface area contributed by atoms with Crippen molar-refractivity contribution in [3.05, 3.63) is 72.6 Å². The third-order valence-corrected chi connectivity index (χ3v) is 8.25. The van der Waals surface area contributed by atoms with Gasteiger partial charge in [0.1, 0.15) is 5.75 Å². The van der Waals surface area contributed by atoms with Gasteiger partial charge in [-0.15, -0.1) is 0 Å². The molecule has 0 N–H and O–H groups in total. The summed E-state index contributed by atoms with van der Waals surface area (Å²) >= 11 is 0. The van der Waals surface area contributed by atoms with Crippen LogP contribution < -0.4 is 4.74 Å². The second kappa shape index (κ2) is 9.24. The first-order valence-corrected chi connectivity index (χ1v) is 13.2. The minimum atomic E-state index is -3.82. The number of methoxy groups -OCH3 is 1. The number of benzene rings is 2. The first-order chi connectivity index (χ1) is 16.5. The fraction of sp³-hybridized carbons (Fsp3) is 0.296. The fourth-order valence-electron chi connectivity index (χ4n) is 4.62. The van der Waals surface area contributed by atoms with Gasteiger partial charge in [-0.25, -0.2) is 12.4 Å². The molecule has 4 aromatic rings. The maximum atomic E-state index is 13.8. The molecule has 34 heavy (non-hydrogen) atoms. The highest BCUT2D eigenvalue weighted by Gasteiger charge is 2.24. The van der Waals surface area contributed by atoms with E-state index in [1.807, 2.05) is 30.3 Å². The van der Waals surface area contributed by atoms with Crippen LogP contribution >= 0.6 is 0 Å². The highest BCUT2D eigenvalue weighted by atomic mass is 32.2. The molecule has 0 fully saturated rings. The Labute approximate surface area is 200 Å². The summed E-state index contributed by atoms with van der Waals surface area (Å²) in [5.74, 6) is 0.708. The van der Waals surface area contributed by atoms with Gasteiger partial charge < -0.3 is 4.74 Å². The van der Waals surface area contributed by atoms with Crippen molar-refractivity contribution in [1.29, 1.82) is 0 Å². The summed E-state index contributed by atoms with van der Waals surface area (Å²) in [5.41, 5.74) is 3.43. The van der Waals surface area contributed by atoms with E-state index in [1.54, 1.807) is 37.7 Å². The topological polar surface area (TPSA) is 64.4 Å². The second-order valence-corrected chi connectivity index (χ2v) is 10.5. The molecule has 0 atom stereocenters. The van der Waals surface area contributed by atoms with E-state index in [0.717, 1.165) is 42.4 Å². The van der Waals surface area contributed by atoms with Crippen molar-refractivity contribution >= 4 is 37.4 Å². The summed E-state index contributed by atoms with van der Waals surface area (Å²) in [6.07, 6.45) is 8.95. The molecule has 0 saturated heterocycles. The molecule has 0 spiro atoms. The van der Waals surface area contributed by atoms with E-state index in [1.165, 1.54) is 22.4 Å². The van der Waals surface area contributed by atoms with Gasteiger partial charge in [-0.1, -0.05) is 31.6 Å². The Morgan fingerprint density at radius 2 is 2.00 bits per heavy atom. The number of ether oxygens (including phenoxy) is 1. The molecule has 176 valence electrons. The van der Waals surface area contributed by atoms with Gasteiger partial charge in [0, 0.05) is 41.8 Å². The zero-order chi connectivity index (χ0) is 23.7. The lowest BCUT2D eigenvalue weighted by molar-refractivity contribution is 0.297. The lowest BCUT2D eigenvalue weighted by Gasteiger charge is -2.26. The molecule has 6 nitrogen and oxygen atoms in total. The van der Waals surface area contributed by atoms with Crippen molar-refractivity contribution in [2.45, 2.75) is 31.1 Å². The van der Waals surface area contributed by atoms with Gasteiger partial charge in [0.2, 0.25) is 0 Å². The molecule has 2 aromatic carbocycles. The average molecular weight is 476 g/mol. The van der Waals surface area contributed by atoms with Crippen LogP contribution in [0.4, 0.5) is 0 Å². The molecule has 0 aliphatic carbocycles. The highest BCUT2D eigenvalue weighted by Crippen LogP contribution is 2.35. The first-order valence-electron chi connectivity index (χ1n) is 11.7. The van der Waals surface area contributed by atoms with Crippen LogP contribution in [-0.4, -0.2) is 49.0 Å². The van der Waals surface area contributed by atoms with Crippen molar-refractivity contribution in [3.8, 4) is 5.75 Å². The van der Waals surface area contributed by atoms with Crippen molar-refractivity contribution in [2.24, 2.45) is 0 Å². The van der Waals surface area contributed by atoms with E-state index < -0.39 is 10.0 Å². The van der Waals surface area contributed by atoms with Crippen LogP contribution in [0.2, 0.25) is 0 Å². The maximum absolute atomic E-state index is 13.8. The molecule has 1 aliphatic heterocycles. The van der Waals surface area contributed by atoms with E-state index in [-0.39, 0.29) is 4.90 Å². The van der Waals surface area contributed by atoms with Crippen LogP contribution in [0.1, 0.15) is 31.7 Å². The van der Waals surface area contributed by atoms with Crippen LogP contribution in [0.5, 0.6) is 5.75 Å². The Hall–Kier alpha value is -3.16. The predicted octanol–water partition coefficient (Wildman–Crippen LogP) is 5.32. The van der Waals surface area contributed by atoms with E-state index in [2.05, 4.69) is 22.9 Å². The Kier molecular flexibility index (Phi) is 6.15. The maximum Gasteiger partial charge on any atom is 0.268 e. The molecular weight excluding hydrogens is 446 g/mol. The predicted molar refractivity (Wildman–Crippen MR) is 137 cm³/mol. The highest BCUT2D eigenvalue weighted by molar-refractivity contribution is 7.90. The van der Waals surface area contributed by atoms with E-state index in [9.17, 15) is 8.42 Å². The summed E-state index contributed by atoms with van der Waals surface area (Å²) in [6.45, 7) is 5.17. The number of fused-ring (bicyclic) bond motifs is 2. The zero-order valence-corrected chi connectivity index (χ0v) is 20.4. The monoisotopic (exact) mass is 475 g/mol. The van der Waals surface area contributed by atoms with Crippen LogP contribution in [0.3, 0.4) is 0 Å². The Morgan fingerprint density at radius 1 is 1.12 bits per heavy atom. The van der Waals surface area contributed by atoms with Gasteiger partial charge in [0.25, 0.3) is 10.0 Å². The van der Waals surface area contributed by atoms with Crippen LogP contribution in [0.25, 0.3) is 27.4 Å². The molecule has 1 aliphatic rings. The molecule has 3 heterocycles. The zero-order valence-electron chi connectivity index (χ0n) is 19.6. The Morgan fingerprint density at radius 3 is 2.76 bits per heavy atom. The number of rotatable bonds is 7. The second-order valence-electron chi connectivity index (χ2n) is 8.72. The van der Waals surface area contributed by atoms with Crippen molar-refractivity contribution in [1.82, 2.24) is 13.9 Å². The smallest absolute Gasteiger partial charge is 0.268 e. The number of hydrogen-bond acceptors (Lipinski definition) is 5. The molecule has 0 unspecified atom stereocenters. The van der Waals surface area contributed by atoms with Crippen LogP contribution in [0, 0.1) is 0 Å². The first kappa shape index (κ1) is 22.6. The Bertz CT molecular complexity index is 1490. The summed E-state index contributed by atoms with van der Waals surface area (Å²) in [7, 11) is -2.19. The molecule has 5 rings (SSSR count). The Balaban J connectivity index is 1.61. The van der Waals surface area contributed by atoms with E-state index in [4.69, 9.17) is 4.74 Å². The standard InChI is InChI=1S/C27H29N3O3S/c1-3-4-14-29-15-11-20(12-16-29)25-19-30(27-10-8-22(33-2)17-24(25)27)34(31,32)23-9-7-21-6-5-13-28-26(21)18-23/h5-11,13,17-19H,3-4,12,14-16H2,1-2H3. The SMILES string of the molecule is CCCCN1CC=C(c2cn(S(=O)(=O)c3ccc4cccnc4c3)c3ccc(OC)cc23)CC1. The number of aromatic nitrogens is 2. The van der Waals surface area contributed by atoms with Gasteiger partial charge >= 0.3 is 0 Å². The molecule has 0 saturated carbocycles. The fourth-order valence-corrected chi connectivity index (χ4v) is 6.01. The van der Waals surface area contributed by atoms with Gasteiger partial charge in [0.05, 0.1) is 23.0 Å². The normalized spacial score (nSPS) is 15.1. The van der Waals surface area contributed by atoms with E-state index in [0.29, 0.717) is 16.8 Å². The van der Waals surface area contributed by atoms with Gasteiger partial charge in [-0.05, 0) is 61.4 Å². The molecule has 0 radical (unpaired) electrons. The van der Waals surface area contributed by atoms with Gasteiger partial charge in [-0.2, -0.15) is 0 Å². The number of unbranched alkanes of at least 4 members (excludes halogenated alkanes) is 1. The third-order valence-electron chi connectivity index (χ3n) is 6.58. The van der Waals surface area contributed by atoms with Gasteiger partial charge in [0.15, 0.2) is 0 Å². The minimum absolute atomic E-state index is 0.223. The van der Waals surface area contributed by atoms with Crippen LogP contribution in [0.15, 0.2) is 71.9 Å². The quantitative estimate of drug-likeness (QED) is 0.362. The van der Waals surface area contributed by atoms with E-state index >= 15 is 0 Å². The largest absolute Gasteiger partial charge is 0.497 e. The van der Waals surface area contributed by atoms with Crippen molar-refractivity contribution in [2.75, 3.05) is 26.7 Å². The summed E-state index contributed by atoms with van der Waals surface area (Å²) < 4.78 is 34.4.